The largest absolute Gasteiger partial charge is 0.481 e. The first-order chi connectivity index (χ1) is 19.1. The summed E-state index contributed by atoms with van der Waals surface area (Å²) < 4.78 is 0. The molecule has 216 valence electrons. The standard InChI is InChI=1S/C30H39Cl2N5O3/c1-17(23-8-7-21(31)10-25(23)32)34-27-24(26(38)18-5-6-18)13-33-29(35-27)37-15-20(16-37)19-4-3-9-36(14-19)22-11-30(2,12-22)28(39)40/h7-8,10,13,17-20,22,26,38H,3-6,9,11-12,14-16H2,1-2H3,(H,39,40)(H,33,34,35)/t17?,19-,22?,26?,30?/m0/s1. The number of benzene rings is 1. The zero-order valence-electron chi connectivity index (χ0n) is 23.2. The lowest BCUT2D eigenvalue weighted by Gasteiger charge is -2.52. The fraction of sp³-hybridized carbons (Fsp3) is 0.633. The smallest absolute Gasteiger partial charge is 0.309 e. The highest BCUT2D eigenvalue weighted by Gasteiger charge is 2.49. The predicted molar refractivity (Wildman–Crippen MR) is 157 cm³/mol. The highest BCUT2D eigenvalue weighted by Crippen LogP contribution is 2.46. The summed E-state index contributed by atoms with van der Waals surface area (Å²) >= 11 is 12.6. The number of aromatic nitrogens is 2. The van der Waals surface area contributed by atoms with Gasteiger partial charge in [-0.3, -0.25) is 4.79 Å². The van der Waals surface area contributed by atoms with Crippen molar-refractivity contribution in [2.24, 2.45) is 23.2 Å². The molecule has 8 nitrogen and oxygen atoms in total. The first-order valence-corrected chi connectivity index (χ1v) is 15.4. The summed E-state index contributed by atoms with van der Waals surface area (Å²) in [4.78, 5) is 25.9. The van der Waals surface area contributed by atoms with Gasteiger partial charge in [0.15, 0.2) is 0 Å². The molecule has 3 heterocycles. The Kier molecular flexibility index (Phi) is 7.66. The second kappa shape index (κ2) is 10.9. The van der Waals surface area contributed by atoms with Crippen molar-refractivity contribution in [1.82, 2.24) is 14.9 Å². The fourth-order valence-electron chi connectivity index (χ4n) is 6.81. The second-order valence-electron chi connectivity index (χ2n) is 12.8. The molecule has 6 rings (SSSR count). The molecule has 1 aromatic heterocycles. The van der Waals surface area contributed by atoms with E-state index in [1.807, 2.05) is 26.0 Å². The fourth-order valence-corrected chi connectivity index (χ4v) is 7.38. The Bertz CT molecular complexity index is 1260. The van der Waals surface area contributed by atoms with Gasteiger partial charge in [0.2, 0.25) is 5.95 Å². The first-order valence-electron chi connectivity index (χ1n) is 14.6. The number of likely N-dealkylation sites (tertiary alicyclic amines) is 1. The minimum Gasteiger partial charge on any atom is -0.481 e. The molecule has 2 saturated carbocycles. The van der Waals surface area contributed by atoms with Crippen molar-refractivity contribution in [3.8, 4) is 0 Å². The third-order valence-electron chi connectivity index (χ3n) is 9.73. The summed E-state index contributed by atoms with van der Waals surface area (Å²) in [5, 5.41) is 25.1. The minimum atomic E-state index is -0.665. The molecule has 2 aliphatic carbocycles. The summed E-state index contributed by atoms with van der Waals surface area (Å²) in [5.74, 6) is 2.13. The van der Waals surface area contributed by atoms with Gasteiger partial charge in [0.25, 0.3) is 0 Å². The lowest BCUT2D eigenvalue weighted by molar-refractivity contribution is -0.158. The average molecular weight is 589 g/mol. The van der Waals surface area contributed by atoms with Gasteiger partial charge in [-0.1, -0.05) is 29.3 Å². The third-order valence-corrected chi connectivity index (χ3v) is 10.3. The first kappa shape index (κ1) is 28.0. The summed E-state index contributed by atoms with van der Waals surface area (Å²) in [6, 6.07) is 5.75. The molecule has 3 N–H and O–H groups in total. The Balaban J connectivity index is 1.11. The summed E-state index contributed by atoms with van der Waals surface area (Å²) in [6.45, 7) is 7.86. The van der Waals surface area contributed by atoms with E-state index in [9.17, 15) is 15.0 Å². The number of hydrogen-bond donors (Lipinski definition) is 3. The molecule has 4 fully saturated rings. The maximum atomic E-state index is 11.5. The van der Waals surface area contributed by atoms with Gasteiger partial charge in [0.1, 0.15) is 5.82 Å². The van der Waals surface area contributed by atoms with E-state index in [2.05, 4.69) is 20.1 Å². The van der Waals surface area contributed by atoms with Crippen molar-refractivity contribution in [3.63, 3.8) is 0 Å². The SMILES string of the molecule is CC(Nc1nc(N2CC([C@H]3CCCN(C4CC(C)(C(=O)O)C4)C3)C2)ncc1C(O)C1CC1)c1ccc(Cl)cc1Cl. The maximum Gasteiger partial charge on any atom is 0.309 e. The van der Waals surface area contributed by atoms with E-state index in [1.54, 1.807) is 12.3 Å². The highest BCUT2D eigenvalue weighted by molar-refractivity contribution is 6.35. The van der Waals surface area contributed by atoms with E-state index >= 15 is 0 Å². The van der Waals surface area contributed by atoms with Crippen molar-refractivity contribution in [1.29, 1.82) is 0 Å². The van der Waals surface area contributed by atoms with Crippen molar-refractivity contribution in [2.45, 2.75) is 70.6 Å². The molecule has 2 aromatic rings. The van der Waals surface area contributed by atoms with Crippen molar-refractivity contribution in [3.05, 3.63) is 45.6 Å². The van der Waals surface area contributed by atoms with Crippen LogP contribution in [0, 0.1) is 23.2 Å². The van der Waals surface area contributed by atoms with E-state index in [1.165, 1.54) is 12.8 Å². The number of carboxylic acid groups (broad SMARTS) is 1. The Labute approximate surface area is 246 Å². The van der Waals surface area contributed by atoms with Crippen LogP contribution in [0.4, 0.5) is 11.8 Å². The van der Waals surface area contributed by atoms with E-state index in [0.29, 0.717) is 39.7 Å². The zero-order valence-corrected chi connectivity index (χ0v) is 24.7. The minimum absolute atomic E-state index is 0.135. The molecular weight excluding hydrogens is 549 g/mol. The number of carboxylic acids is 1. The number of aliphatic hydroxyl groups is 1. The topological polar surface area (TPSA) is 102 Å². The van der Waals surface area contributed by atoms with Gasteiger partial charge in [-0.25, -0.2) is 4.98 Å². The van der Waals surface area contributed by atoms with E-state index in [-0.39, 0.29) is 12.0 Å². The Morgan fingerprint density at radius 1 is 1.12 bits per heavy atom. The van der Waals surface area contributed by atoms with Crippen molar-refractivity contribution >= 4 is 40.9 Å². The Hall–Kier alpha value is -2.13. The number of aliphatic carboxylic acids is 1. The van der Waals surface area contributed by atoms with Gasteiger partial charge in [0.05, 0.1) is 17.6 Å². The van der Waals surface area contributed by atoms with Gasteiger partial charge >= 0.3 is 5.97 Å². The van der Waals surface area contributed by atoms with Crippen LogP contribution in [-0.4, -0.2) is 63.3 Å². The molecule has 1 aromatic carbocycles. The number of rotatable bonds is 9. The number of halogens is 2. The predicted octanol–water partition coefficient (Wildman–Crippen LogP) is 5.80. The van der Waals surface area contributed by atoms with Gasteiger partial charge < -0.3 is 25.3 Å². The molecule has 2 saturated heterocycles. The number of anilines is 2. The monoisotopic (exact) mass is 587 g/mol. The van der Waals surface area contributed by atoms with Crippen molar-refractivity contribution in [2.75, 3.05) is 36.4 Å². The van der Waals surface area contributed by atoms with Crippen LogP contribution >= 0.6 is 23.2 Å². The molecule has 10 heteroatoms. The summed E-state index contributed by atoms with van der Waals surface area (Å²) in [6.07, 6.45) is 7.14. The second-order valence-corrected chi connectivity index (χ2v) is 13.6. The lowest BCUT2D eigenvalue weighted by Crippen LogP contribution is -2.58. The molecule has 3 atom stereocenters. The zero-order chi connectivity index (χ0) is 28.2. The molecule has 2 aliphatic heterocycles. The molecule has 0 radical (unpaired) electrons. The number of hydrogen-bond acceptors (Lipinski definition) is 7. The number of aliphatic hydroxyl groups excluding tert-OH is 1. The van der Waals surface area contributed by atoms with Gasteiger partial charge in [0, 0.05) is 47.5 Å². The van der Waals surface area contributed by atoms with Crippen LogP contribution in [0.2, 0.25) is 10.0 Å². The van der Waals surface area contributed by atoms with Crippen LogP contribution in [-0.2, 0) is 4.79 Å². The molecule has 40 heavy (non-hydrogen) atoms. The van der Waals surface area contributed by atoms with Crippen LogP contribution in [0.3, 0.4) is 0 Å². The van der Waals surface area contributed by atoms with Crippen LogP contribution in [0.15, 0.2) is 24.4 Å². The quantitative estimate of drug-likeness (QED) is 0.338. The molecule has 0 amide bonds. The van der Waals surface area contributed by atoms with Crippen molar-refractivity contribution < 1.29 is 15.0 Å². The average Bonchev–Trinajstić information content (AvgIpc) is 3.71. The van der Waals surface area contributed by atoms with Crippen LogP contribution < -0.4 is 10.2 Å². The lowest BCUT2D eigenvalue weighted by atomic mass is 9.65. The van der Waals surface area contributed by atoms with E-state index in [4.69, 9.17) is 28.2 Å². The number of nitrogens with one attached hydrogen (secondary N) is 1. The van der Waals surface area contributed by atoms with Gasteiger partial charge in [-0.15, -0.1) is 0 Å². The third kappa shape index (κ3) is 5.52. The number of nitrogens with zero attached hydrogens (tertiary/aromatic N) is 4. The Morgan fingerprint density at radius 2 is 1.88 bits per heavy atom. The molecule has 0 spiro atoms. The highest BCUT2D eigenvalue weighted by atomic mass is 35.5. The normalized spacial score (nSPS) is 28.9. The number of piperidine rings is 1. The Morgan fingerprint density at radius 3 is 2.55 bits per heavy atom. The van der Waals surface area contributed by atoms with E-state index in [0.717, 1.165) is 63.0 Å². The van der Waals surface area contributed by atoms with E-state index < -0.39 is 17.5 Å². The van der Waals surface area contributed by atoms with Gasteiger partial charge in [-0.05, 0) is 94.4 Å². The summed E-state index contributed by atoms with van der Waals surface area (Å²) in [7, 11) is 0. The molecule has 2 unspecified atom stereocenters. The molecule has 4 aliphatic rings. The van der Waals surface area contributed by atoms with Crippen LogP contribution in [0.5, 0.6) is 0 Å². The van der Waals surface area contributed by atoms with Gasteiger partial charge in [-0.2, -0.15) is 4.98 Å². The molecular formula is C30H39Cl2N5O3. The van der Waals surface area contributed by atoms with Crippen LogP contribution in [0.1, 0.15) is 75.6 Å². The molecule has 0 bridgehead atoms. The van der Waals surface area contributed by atoms with Crippen LogP contribution in [0.25, 0.3) is 0 Å². The number of carbonyl (C=O) groups is 1. The summed E-state index contributed by atoms with van der Waals surface area (Å²) in [5.41, 5.74) is 1.10. The maximum absolute atomic E-state index is 11.5.